The number of carbonyl (C=O) groups excluding carboxylic acids is 2. The predicted molar refractivity (Wildman–Crippen MR) is 177 cm³/mol. The molecule has 0 aliphatic carbocycles. The number of fused-ring (bicyclic) bond motifs is 2. The Labute approximate surface area is 274 Å². The van der Waals surface area contributed by atoms with Gasteiger partial charge in [0.05, 0.1) is 25.9 Å². The molecule has 1 unspecified atom stereocenters. The SMILES string of the molecule is COc1ccc(OCCCCN(C)CCOc2ccc3c(c2)OCO3)c(C2(NCC(C)=O)Sc3ccccc3N(C)C2=O)c1.Cl. The Balaban J connectivity index is 0.00000461. The second-order valence-corrected chi connectivity index (χ2v) is 12.0. The van der Waals surface area contributed by atoms with Crippen LogP contribution < -0.4 is 33.9 Å². The van der Waals surface area contributed by atoms with Gasteiger partial charge in [-0.05, 0) is 75.8 Å². The highest BCUT2D eigenvalue weighted by Gasteiger charge is 2.49. The molecule has 0 fully saturated rings. The number of nitrogens with one attached hydrogen (secondary N) is 1. The lowest BCUT2D eigenvalue weighted by Gasteiger charge is -2.41. The minimum Gasteiger partial charge on any atom is -0.497 e. The van der Waals surface area contributed by atoms with Gasteiger partial charge >= 0.3 is 0 Å². The first-order valence-electron chi connectivity index (χ1n) is 14.6. The van der Waals surface area contributed by atoms with Crippen LogP contribution in [-0.4, -0.2) is 77.4 Å². The Morgan fingerprint density at radius 3 is 2.58 bits per heavy atom. The third-order valence-electron chi connectivity index (χ3n) is 7.53. The van der Waals surface area contributed by atoms with Crippen LogP contribution in [0.2, 0.25) is 0 Å². The van der Waals surface area contributed by atoms with Gasteiger partial charge in [0, 0.05) is 30.1 Å². The Hall–Kier alpha value is -3.64. The number of halogens is 1. The molecule has 2 heterocycles. The first-order chi connectivity index (χ1) is 21.3. The van der Waals surface area contributed by atoms with Crippen molar-refractivity contribution in [2.75, 3.05) is 65.7 Å². The second-order valence-electron chi connectivity index (χ2n) is 10.8. The molecule has 2 aliphatic heterocycles. The van der Waals surface area contributed by atoms with Crippen molar-refractivity contribution in [3.63, 3.8) is 0 Å². The summed E-state index contributed by atoms with van der Waals surface area (Å²) >= 11 is 1.38. The van der Waals surface area contributed by atoms with Crippen molar-refractivity contribution < 1.29 is 33.3 Å². The quantitative estimate of drug-likeness (QED) is 0.222. The molecule has 0 aromatic heterocycles. The van der Waals surface area contributed by atoms with Gasteiger partial charge in [0.2, 0.25) is 6.79 Å². The van der Waals surface area contributed by atoms with E-state index >= 15 is 0 Å². The molecule has 1 N–H and O–H groups in total. The zero-order chi connectivity index (χ0) is 31.1. The summed E-state index contributed by atoms with van der Waals surface area (Å²) in [5.74, 6) is 3.10. The number of ether oxygens (including phenoxy) is 5. The van der Waals surface area contributed by atoms with Gasteiger partial charge in [0.25, 0.3) is 5.91 Å². The van der Waals surface area contributed by atoms with Crippen LogP contribution in [0.25, 0.3) is 0 Å². The van der Waals surface area contributed by atoms with Crippen LogP contribution >= 0.6 is 24.2 Å². The maximum absolute atomic E-state index is 14.1. The Morgan fingerprint density at radius 2 is 1.78 bits per heavy atom. The van der Waals surface area contributed by atoms with Crippen molar-refractivity contribution in [3.05, 3.63) is 66.2 Å². The lowest BCUT2D eigenvalue weighted by Crippen LogP contribution is -2.55. The Kier molecular flexibility index (Phi) is 11.8. The van der Waals surface area contributed by atoms with E-state index in [0.717, 1.165) is 48.0 Å². The third-order valence-corrected chi connectivity index (χ3v) is 8.94. The maximum Gasteiger partial charge on any atom is 0.262 e. The van der Waals surface area contributed by atoms with E-state index in [1.54, 1.807) is 19.1 Å². The van der Waals surface area contributed by atoms with Gasteiger partial charge in [-0.3, -0.25) is 14.9 Å². The molecule has 3 aromatic rings. The topological polar surface area (TPSA) is 98.8 Å². The molecule has 0 saturated heterocycles. The molecule has 3 aromatic carbocycles. The number of anilines is 1. The monoisotopic (exact) mass is 657 g/mol. The molecular weight excluding hydrogens is 618 g/mol. The number of Topliss-reactive ketones (excluding diaryl/α,β-unsaturated/α-hetero) is 1. The van der Waals surface area contributed by atoms with Crippen molar-refractivity contribution in [1.29, 1.82) is 0 Å². The van der Waals surface area contributed by atoms with Gasteiger partial charge in [0.15, 0.2) is 16.4 Å². The Bertz CT molecular complexity index is 1490. The molecule has 0 saturated carbocycles. The van der Waals surface area contributed by atoms with Crippen LogP contribution in [0.1, 0.15) is 25.3 Å². The average molecular weight is 658 g/mol. The number of thioether (sulfide) groups is 1. The van der Waals surface area contributed by atoms with E-state index < -0.39 is 4.87 Å². The largest absolute Gasteiger partial charge is 0.497 e. The summed E-state index contributed by atoms with van der Waals surface area (Å²) in [4.78, 5) is 29.7. The van der Waals surface area contributed by atoms with E-state index in [0.29, 0.717) is 36.0 Å². The van der Waals surface area contributed by atoms with Crippen LogP contribution in [0.4, 0.5) is 5.69 Å². The van der Waals surface area contributed by atoms with Gasteiger partial charge in [-0.25, -0.2) is 0 Å². The van der Waals surface area contributed by atoms with Crippen LogP contribution in [0, 0.1) is 0 Å². The van der Waals surface area contributed by atoms with E-state index in [1.807, 2.05) is 60.7 Å². The number of nitrogens with zero attached hydrogens (tertiary/aromatic N) is 2. The molecule has 10 nitrogen and oxygen atoms in total. The van der Waals surface area contributed by atoms with Crippen molar-refractivity contribution in [2.45, 2.75) is 29.5 Å². The number of para-hydroxylation sites is 1. The summed E-state index contributed by atoms with van der Waals surface area (Å²) in [7, 11) is 5.40. The van der Waals surface area contributed by atoms with E-state index in [1.165, 1.54) is 18.7 Å². The number of hydrogen-bond donors (Lipinski definition) is 1. The summed E-state index contributed by atoms with van der Waals surface area (Å²) in [6.45, 7) is 4.44. The number of hydrogen-bond acceptors (Lipinski definition) is 10. The smallest absolute Gasteiger partial charge is 0.262 e. The number of rotatable bonds is 15. The van der Waals surface area contributed by atoms with Crippen LogP contribution in [0.5, 0.6) is 28.7 Å². The minimum absolute atomic E-state index is 0. The van der Waals surface area contributed by atoms with Gasteiger partial charge in [-0.2, -0.15) is 0 Å². The van der Waals surface area contributed by atoms with Crippen molar-refractivity contribution >= 4 is 41.5 Å². The zero-order valence-corrected chi connectivity index (χ0v) is 27.6. The van der Waals surface area contributed by atoms with Crippen LogP contribution in [0.15, 0.2) is 65.6 Å². The molecular formula is C33H40ClN3O7S. The van der Waals surface area contributed by atoms with Crippen LogP contribution in [-0.2, 0) is 14.5 Å². The summed E-state index contributed by atoms with van der Waals surface area (Å²) in [6.07, 6.45) is 1.74. The molecule has 0 bridgehead atoms. The van der Waals surface area contributed by atoms with E-state index in [4.69, 9.17) is 23.7 Å². The normalized spacial score (nSPS) is 16.6. The fourth-order valence-electron chi connectivity index (χ4n) is 5.10. The van der Waals surface area contributed by atoms with E-state index in [9.17, 15) is 9.59 Å². The molecule has 242 valence electrons. The highest BCUT2D eigenvalue weighted by Crippen LogP contribution is 2.51. The maximum atomic E-state index is 14.1. The van der Waals surface area contributed by atoms with Crippen molar-refractivity contribution in [3.8, 4) is 28.7 Å². The summed E-state index contributed by atoms with van der Waals surface area (Å²) < 4.78 is 28.5. The average Bonchev–Trinajstić information content (AvgIpc) is 3.50. The van der Waals surface area contributed by atoms with Gasteiger partial charge < -0.3 is 33.5 Å². The van der Waals surface area contributed by atoms with Gasteiger partial charge in [-0.15, -0.1) is 12.4 Å². The zero-order valence-electron chi connectivity index (χ0n) is 26.0. The number of carbonyl (C=O) groups is 2. The third kappa shape index (κ3) is 7.96. The number of benzene rings is 3. The summed E-state index contributed by atoms with van der Waals surface area (Å²) in [6, 6.07) is 18.8. The number of amides is 1. The molecule has 2 aliphatic rings. The molecule has 1 amide bonds. The van der Waals surface area contributed by atoms with Gasteiger partial charge in [0.1, 0.15) is 29.6 Å². The predicted octanol–water partition coefficient (Wildman–Crippen LogP) is 5.12. The fraction of sp³-hybridized carbons (Fsp3) is 0.394. The fourth-order valence-corrected chi connectivity index (χ4v) is 6.53. The summed E-state index contributed by atoms with van der Waals surface area (Å²) in [5.41, 5.74) is 1.44. The standard InChI is InChI=1S/C33H39N3O7S.ClH/c1-23(37)21-34-33(32(38)36(3)27-9-5-6-10-31(27)44-33)26-19-24(39-4)11-13-28(26)41-17-8-7-15-35(2)16-18-40-25-12-14-29-30(20-25)43-22-42-29;/h5-6,9-14,19-20,34H,7-8,15-18,21-22H2,1-4H3;1H. The highest BCUT2D eigenvalue weighted by atomic mass is 35.5. The number of likely N-dealkylation sites (N-methyl/N-ethyl adjacent to an activating group) is 2. The Morgan fingerprint density at radius 1 is 1.00 bits per heavy atom. The van der Waals surface area contributed by atoms with Crippen LogP contribution in [0.3, 0.4) is 0 Å². The minimum atomic E-state index is -1.28. The summed E-state index contributed by atoms with van der Waals surface area (Å²) in [5, 5.41) is 3.28. The molecule has 45 heavy (non-hydrogen) atoms. The first-order valence-corrected chi connectivity index (χ1v) is 15.5. The lowest BCUT2D eigenvalue weighted by atomic mass is 10.0. The molecule has 5 rings (SSSR count). The lowest BCUT2D eigenvalue weighted by molar-refractivity contribution is -0.122. The molecule has 12 heteroatoms. The molecule has 1 atom stereocenters. The number of methoxy groups -OCH3 is 1. The number of ketones is 1. The van der Waals surface area contributed by atoms with Crippen molar-refractivity contribution in [2.24, 2.45) is 0 Å². The first kappa shape index (κ1) is 34.2. The molecule has 0 radical (unpaired) electrons. The molecule has 0 spiro atoms. The van der Waals surface area contributed by atoms with E-state index in [-0.39, 0.29) is 37.4 Å². The highest BCUT2D eigenvalue weighted by molar-refractivity contribution is 8.01. The van der Waals surface area contributed by atoms with Crippen molar-refractivity contribution in [1.82, 2.24) is 10.2 Å². The van der Waals surface area contributed by atoms with Gasteiger partial charge in [-0.1, -0.05) is 23.9 Å². The number of unbranched alkanes of at least 4 members (excludes halogenated alkanes) is 1. The second kappa shape index (κ2) is 15.6. The van der Waals surface area contributed by atoms with E-state index in [2.05, 4.69) is 17.3 Å².